The number of ether oxygens (including phenoxy) is 9. The number of fused-ring (bicyclic) bond motifs is 2. The van der Waals surface area contributed by atoms with Gasteiger partial charge in [0.1, 0.15) is 42.9 Å². The summed E-state index contributed by atoms with van der Waals surface area (Å²) in [5.41, 5.74) is 0.616. The van der Waals surface area contributed by atoms with E-state index in [2.05, 4.69) is 0 Å². The minimum atomic E-state index is -1.63. The third-order valence-electron chi connectivity index (χ3n) is 11.1. The number of carbonyl (C=O) groups is 11. The Hall–Kier alpha value is -7.50. The highest BCUT2D eigenvalue weighted by molar-refractivity contribution is 7.99. The zero-order valence-electron chi connectivity index (χ0n) is 40.1. The second-order valence-corrected chi connectivity index (χ2v) is 17.7. The third-order valence-corrected chi connectivity index (χ3v) is 12.3. The van der Waals surface area contributed by atoms with E-state index in [0.717, 1.165) is 54.9 Å². The SMILES string of the molecule is C.C.C.CC(=O)OCC1OC(OC(C)=O)C(N2C(=O)c3ccccc3C2=O)C(OC(C)=O)C1OC(C)=O.CC(=O)OCC1OC(Sc2ccc(C)cc2)C(N2C(=O)c3ccccc3C2=O)C(OC(C)=O)C1OC(C)=O. The number of carbonyl (C=O) groups excluding carboxylic acids is 11. The molecule has 0 N–H and O–H groups in total. The molecule has 0 radical (unpaired) electrons. The maximum atomic E-state index is 13.5. The monoisotopic (exact) mass is 1070 g/mol. The van der Waals surface area contributed by atoms with E-state index in [1.54, 1.807) is 24.3 Å². The molecular weight excluding hydrogens is 1000 g/mol. The lowest BCUT2D eigenvalue weighted by Gasteiger charge is -2.47. The summed E-state index contributed by atoms with van der Waals surface area (Å²) in [5.74, 6) is -7.85. The van der Waals surface area contributed by atoms with Gasteiger partial charge in [-0.25, -0.2) is 0 Å². The van der Waals surface area contributed by atoms with Crippen molar-refractivity contribution >= 4 is 77.2 Å². The minimum Gasteiger partial charge on any atom is -0.463 e. The first kappa shape index (κ1) is 61.8. The second-order valence-electron chi connectivity index (χ2n) is 16.6. The second kappa shape index (κ2) is 26.6. The van der Waals surface area contributed by atoms with Crippen molar-refractivity contribution in [2.75, 3.05) is 13.2 Å². The molecule has 0 aromatic heterocycles. The molecule has 4 aliphatic rings. The van der Waals surface area contributed by atoms with Crippen LogP contribution in [0.3, 0.4) is 0 Å². The summed E-state index contributed by atoms with van der Waals surface area (Å²) in [6.45, 7) is 9.07. The average molecular weight is 1070 g/mol. The number of hydrogen-bond donors (Lipinski definition) is 0. The predicted molar refractivity (Wildman–Crippen MR) is 263 cm³/mol. The van der Waals surface area contributed by atoms with Crippen molar-refractivity contribution in [3.05, 3.63) is 101 Å². The van der Waals surface area contributed by atoms with Crippen molar-refractivity contribution in [2.45, 2.75) is 143 Å². The highest BCUT2D eigenvalue weighted by Gasteiger charge is 2.59. The fourth-order valence-electron chi connectivity index (χ4n) is 8.38. The summed E-state index contributed by atoms with van der Waals surface area (Å²) < 4.78 is 49.3. The molecule has 10 atom stereocenters. The van der Waals surface area contributed by atoms with Gasteiger partial charge in [0.15, 0.2) is 24.4 Å². The van der Waals surface area contributed by atoms with E-state index >= 15 is 0 Å². The van der Waals surface area contributed by atoms with Gasteiger partial charge in [-0.05, 0) is 43.3 Å². The van der Waals surface area contributed by atoms with Crippen LogP contribution < -0.4 is 0 Å². The maximum absolute atomic E-state index is 13.5. The van der Waals surface area contributed by atoms with Crippen molar-refractivity contribution in [3.8, 4) is 0 Å². The number of benzene rings is 3. The average Bonchev–Trinajstić information content (AvgIpc) is 3.70. The van der Waals surface area contributed by atoms with Crippen LogP contribution in [0.2, 0.25) is 0 Å². The summed E-state index contributed by atoms with van der Waals surface area (Å²) in [5, 5.41) is 0. The number of rotatable bonds is 13. The number of imide groups is 2. The van der Waals surface area contributed by atoms with E-state index in [1.165, 1.54) is 49.9 Å². The van der Waals surface area contributed by atoms with Gasteiger partial charge in [-0.15, -0.1) is 0 Å². The first-order chi connectivity index (χ1) is 34.1. The van der Waals surface area contributed by atoms with Crippen molar-refractivity contribution in [1.29, 1.82) is 0 Å². The molecule has 7 rings (SSSR count). The van der Waals surface area contributed by atoms with E-state index in [0.29, 0.717) is 0 Å². The Balaban J connectivity index is 0.000000382. The summed E-state index contributed by atoms with van der Waals surface area (Å²) >= 11 is 1.20. The molecule has 3 aromatic carbocycles. The molecule has 0 saturated carbocycles. The first-order valence-electron chi connectivity index (χ1n) is 22.2. The largest absolute Gasteiger partial charge is 0.463 e. The van der Waals surface area contributed by atoms with Crippen LogP contribution in [-0.2, 0) is 76.2 Å². The summed E-state index contributed by atoms with van der Waals surface area (Å²) in [6, 6.07) is 17.1. The van der Waals surface area contributed by atoms with Crippen LogP contribution in [0.15, 0.2) is 77.7 Å². The molecule has 4 amide bonds. The summed E-state index contributed by atoms with van der Waals surface area (Å²) in [7, 11) is 0. The molecule has 4 aliphatic heterocycles. The molecular formula is C52H62N2O20S. The number of nitrogens with zero attached hydrogens (tertiary/aromatic N) is 2. The van der Waals surface area contributed by atoms with Crippen LogP contribution >= 0.6 is 11.8 Å². The minimum absolute atomic E-state index is 0. The van der Waals surface area contributed by atoms with Gasteiger partial charge in [-0.1, -0.05) is 76.0 Å². The van der Waals surface area contributed by atoms with Crippen molar-refractivity contribution in [1.82, 2.24) is 9.80 Å². The normalized spacial score (nSPS) is 24.2. The van der Waals surface area contributed by atoms with Gasteiger partial charge in [0.05, 0.1) is 22.3 Å². The number of amides is 4. The van der Waals surface area contributed by atoms with Gasteiger partial charge in [0, 0.05) is 53.4 Å². The number of hydrogen-bond acceptors (Lipinski definition) is 21. The fraction of sp³-hybridized carbons (Fsp3) is 0.442. The lowest BCUT2D eigenvalue weighted by molar-refractivity contribution is -0.278. The molecule has 75 heavy (non-hydrogen) atoms. The van der Waals surface area contributed by atoms with Crippen LogP contribution in [0.1, 0.15) is 118 Å². The quantitative estimate of drug-likeness (QED) is 0.121. The number of aryl methyl sites for hydroxylation is 1. The highest BCUT2D eigenvalue weighted by atomic mass is 32.2. The Kier molecular flexibility index (Phi) is 21.9. The Labute approximate surface area is 437 Å². The maximum Gasteiger partial charge on any atom is 0.305 e. The number of esters is 7. The zero-order valence-corrected chi connectivity index (χ0v) is 40.9. The lowest BCUT2D eigenvalue weighted by atomic mass is 9.94. The van der Waals surface area contributed by atoms with E-state index in [9.17, 15) is 52.7 Å². The molecule has 10 unspecified atom stereocenters. The zero-order chi connectivity index (χ0) is 52.7. The smallest absolute Gasteiger partial charge is 0.305 e. The van der Waals surface area contributed by atoms with E-state index in [1.807, 2.05) is 31.2 Å². The Morgan fingerprint density at radius 3 is 1.15 bits per heavy atom. The van der Waals surface area contributed by atoms with Gasteiger partial charge < -0.3 is 42.6 Å². The Bertz CT molecular complexity index is 2590. The fourth-order valence-corrected chi connectivity index (χ4v) is 9.56. The first-order valence-corrected chi connectivity index (χ1v) is 23.1. The van der Waals surface area contributed by atoms with Crippen molar-refractivity contribution < 1.29 is 95.4 Å². The van der Waals surface area contributed by atoms with Gasteiger partial charge >= 0.3 is 41.8 Å². The Morgan fingerprint density at radius 1 is 0.453 bits per heavy atom. The van der Waals surface area contributed by atoms with Gasteiger partial charge in [0.25, 0.3) is 23.6 Å². The lowest BCUT2D eigenvalue weighted by Crippen LogP contribution is -2.67. The van der Waals surface area contributed by atoms with Crippen molar-refractivity contribution in [3.63, 3.8) is 0 Å². The van der Waals surface area contributed by atoms with Gasteiger partial charge in [0.2, 0.25) is 6.29 Å². The molecule has 0 spiro atoms. The standard InChI is InChI=1S/C27H27NO9S.C22H23NO11.3CH4/c1-14-9-11-18(12-10-14)38-27-22(28-25(32)19-7-5-6-8-20(19)26(28)33)24(36-17(4)31)23(35-16(3)30)21(37-27)13-34-15(2)29;1-10(24)30-9-16-18(31-11(2)25)19(32-12(3)26)17(22(34-16)33-13(4)27)23-20(28)14-7-5-6-8-15(14)21(23)29;;;/h5-12,21-24,27H,13H2,1-4H3;5-8,16-19,22H,9H2,1-4H3;3*1H4. The predicted octanol–water partition coefficient (Wildman–Crippen LogP) is 5.18. The van der Waals surface area contributed by atoms with E-state index in [4.69, 9.17) is 42.6 Å². The molecule has 0 aliphatic carbocycles. The highest BCUT2D eigenvalue weighted by Crippen LogP contribution is 2.41. The molecule has 23 heteroatoms. The molecule has 2 fully saturated rings. The van der Waals surface area contributed by atoms with Crippen molar-refractivity contribution in [2.24, 2.45) is 0 Å². The van der Waals surface area contributed by atoms with Crippen LogP contribution in [0.5, 0.6) is 0 Å². The molecule has 3 aromatic rings. The topological polar surface area (TPSA) is 277 Å². The van der Waals surface area contributed by atoms with Crippen LogP contribution in [0.25, 0.3) is 0 Å². The molecule has 2 saturated heterocycles. The molecule has 22 nitrogen and oxygen atoms in total. The third kappa shape index (κ3) is 14.4. The Morgan fingerprint density at radius 2 is 0.787 bits per heavy atom. The number of thioether (sulfide) groups is 1. The van der Waals surface area contributed by atoms with Crippen LogP contribution in [0.4, 0.5) is 0 Å². The van der Waals surface area contributed by atoms with Crippen LogP contribution in [0, 0.1) is 6.92 Å². The van der Waals surface area contributed by atoms with E-state index < -0.39 is 132 Å². The molecule has 4 heterocycles. The van der Waals surface area contributed by atoms with Crippen LogP contribution in [-0.4, -0.2) is 149 Å². The van der Waals surface area contributed by atoms with E-state index in [-0.39, 0.29) is 51.1 Å². The van der Waals surface area contributed by atoms with Gasteiger partial charge in [-0.2, -0.15) is 0 Å². The molecule has 406 valence electrons. The summed E-state index contributed by atoms with van der Waals surface area (Å²) in [6.07, 6.45) is -9.45. The molecule has 0 bridgehead atoms. The van der Waals surface area contributed by atoms with Gasteiger partial charge in [-0.3, -0.25) is 62.5 Å². The summed E-state index contributed by atoms with van der Waals surface area (Å²) in [4.78, 5) is 139.